The molecule has 1 aromatic rings. The second-order valence-corrected chi connectivity index (χ2v) is 7.36. The second kappa shape index (κ2) is 7.69. The Kier molecular flexibility index (Phi) is 5.86. The molecule has 0 spiro atoms. The van der Waals surface area contributed by atoms with E-state index in [1.54, 1.807) is 0 Å². The minimum atomic E-state index is -4.02. The lowest BCUT2D eigenvalue weighted by atomic mass is 9.88. The molecular formula is C14H20N4O5S. The highest BCUT2D eigenvalue weighted by Crippen LogP contribution is 2.22. The van der Waals surface area contributed by atoms with E-state index in [4.69, 9.17) is 0 Å². The molecule has 0 radical (unpaired) electrons. The molecule has 1 amide bonds. The lowest BCUT2D eigenvalue weighted by Gasteiger charge is -2.31. The molecule has 0 aromatic heterocycles. The fourth-order valence-corrected chi connectivity index (χ4v) is 3.53. The molecule has 0 saturated carbocycles. The maximum Gasteiger partial charge on any atom is 0.289 e. The normalized spacial score (nSPS) is 16.2. The Balaban J connectivity index is 1.87. The SMILES string of the molecule is CC(C(=O)NCCNS(=O)(=O)c1ccccc1[N+](=O)[O-])C1CNC1. The summed E-state index contributed by atoms with van der Waals surface area (Å²) in [6.45, 7) is 3.51. The van der Waals surface area contributed by atoms with E-state index in [2.05, 4.69) is 15.4 Å². The number of nitrogens with zero attached hydrogens (tertiary/aromatic N) is 1. The van der Waals surface area contributed by atoms with E-state index in [0.29, 0.717) is 5.92 Å². The van der Waals surface area contributed by atoms with Gasteiger partial charge in [0.2, 0.25) is 15.9 Å². The Morgan fingerprint density at radius 1 is 1.38 bits per heavy atom. The Morgan fingerprint density at radius 3 is 2.62 bits per heavy atom. The van der Waals surface area contributed by atoms with E-state index >= 15 is 0 Å². The number of sulfonamides is 1. The summed E-state index contributed by atoms with van der Waals surface area (Å²) >= 11 is 0. The van der Waals surface area contributed by atoms with Gasteiger partial charge in [-0.2, -0.15) is 0 Å². The van der Waals surface area contributed by atoms with E-state index in [0.717, 1.165) is 19.2 Å². The van der Waals surface area contributed by atoms with Crippen molar-refractivity contribution in [3.8, 4) is 0 Å². The number of hydrogen-bond acceptors (Lipinski definition) is 6. The van der Waals surface area contributed by atoms with Gasteiger partial charge in [0.1, 0.15) is 0 Å². The number of amides is 1. The molecule has 1 atom stereocenters. The molecule has 24 heavy (non-hydrogen) atoms. The third-order valence-corrected chi connectivity index (χ3v) is 5.51. The number of benzene rings is 1. The number of hydrogen-bond donors (Lipinski definition) is 3. The van der Waals surface area contributed by atoms with Crippen molar-refractivity contribution in [2.75, 3.05) is 26.2 Å². The summed E-state index contributed by atoms with van der Waals surface area (Å²) in [6.07, 6.45) is 0. The average Bonchev–Trinajstić information content (AvgIpc) is 2.49. The quantitative estimate of drug-likeness (QED) is 0.337. The Morgan fingerprint density at radius 2 is 2.04 bits per heavy atom. The maximum absolute atomic E-state index is 12.2. The van der Waals surface area contributed by atoms with Gasteiger partial charge in [-0.25, -0.2) is 13.1 Å². The molecule has 1 aliphatic heterocycles. The first-order valence-corrected chi connectivity index (χ1v) is 9.03. The third-order valence-electron chi connectivity index (χ3n) is 4.00. The van der Waals surface area contributed by atoms with Gasteiger partial charge in [-0.3, -0.25) is 14.9 Å². The fraction of sp³-hybridized carbons (Fsp3) is 0.500. The lowest BCUT2D eigenvalue weighted by molar-refractivity contribution is -0.387. The van der Waals surface area contributed by atoms with Crippen LogP contribution in [0.3, 0.4) is 0 Å². The number of nitro benzene ring substituents is 1. The smallest absolute Gasteiger partial charge is 0.289 e. The van der Waals surface area contributed by atoms with Crippen molar-refractivity contribution in [3.05, 3.63) is 34.4 Å². The molecule has 1 fully saturated rings. The number of nitro groups is 1. The molecule has 1 aromatic carbocycles. The number of carbonyl (C=O) groups is 1. The Hall–Kier alpha value is -2.04. The summed E-state index contributed by atoms with van der Waals surface area (Å²) in [6, 6.07) is 5.11. The van der Waals surface area contributed by atoms with Crippen LogP contribution >= 0.6 is 0 Å². The van der Waals surface area contributed by atoms with Gasteiger partial charge in [0, 0.05) is 25.1 Å². The summed E-state index contributed by atoms with van der Waals surface area (Å²) < 4.78 is 26.6. The highest BCUT2D eigenvalue weighted by molar-refractivity contribution is 7.89. The van der Waals surface area contributed by atoms with Crippen LogP contribution in [-0.4, -0.2) is 45.4 Å². The highest BCUT2D eigenvalue weighted by Gasteiger charge is 2.28. The van der Waals surface area contributed by atoms with Gasteiger partial charge in [0.25, 0.3) is 5.69 Å². The zero-order valence-corrected chi connectivity index (χ0v) is 14.0. The number of nitrogens with one attached hydrogen (secondary N) is 3. The first-order valence-electron chi connectivity index (χ1n) is 7.54. The van der Waals surface area contributed by atoms with Gasteiger partial charge in [-0.05, 0) is 25.1 Å². The molecule has 1 saturated heterocycles. The molecule has 1 unspecified atom stereocenters. The molecule has 0 bridgehead atoms. The van der Waals surface area contributed by atoms with E-state index < -0.39 is 25.5 Å². The van der Waals surface area contributed by atoms with Crippen LogP contribution in [0.4, 0.5) is 5.69 Å². The van der Waals surface area contributed by atoms with Crippen LogP contribution in [-0.2, 0) is 14.8 Å². The average molecular weight is 356 g/mol. The van der Waals surface area contributed by atoms with Gasteiger partial charge < -0.3 is 10.6 Å². The van der Waals surface area contributed by atoms with Crippen LogP contribution in [0.15, 0.2) is 29.2 Å². The molecule has 10 heteroatoms. The van der Waals surface area contributed by atoms with Crippen molar-refractivity contribution >= 4 is 21.6 Å². The molecule has 1 heterocycles. The summed E-state index contributed by atoms with van der Waals surface area (Å²) in [7, 11) is -4.02. The topological polar surface area (TPSA) is 130 Å². The number of rotatable bonds is 8. The van der Waals surface area contributed by atoms with Gasteiger partial charge in [-0.15, -0.1) is 0 Å². The molecule has 0 aliphatic carbocycles. The third kappa shape index (κ3) is 4.28. The predicted octanol–water partition coefficient (Wildman–Crippen LogP) is -0.155. The summed E-state index contributed by atoms with van der Waals surface area (Å²) in [5.74, 6) is 0.0260. The van der Waals surface area contributed by atoms with Crippen LogP contribution in [0.25, 0.3) is 0 Å². The summed E-state index contributed by atoms with van der Waals surface area (Å²) in [4.78, 5) is 21.7. The van der Waals surface area contributed by atoms with Crippen LogP contribution in [0.1, 0.15) is 6.92 Å². The minimum Gasteiger partial charge on any atom is -0.355 e. The van der Waals surface area contributed by atoms with Gasteiger partial charge in [0.05, 0.1) is 4.92 Å². The van der Waals surface area contributed by atoms with Crippen LogP contribution in [0, 0.1) is 22.0 Å². The Labute approximate surface area is 140 Å². The predicted molar refractivity (Wildman–Crippen MR) is 86.8 cm³/mol. The van der Waals surface area contributed by atoms with Crippen LogP contribution in [0.2, 0.25) is 0 Å². The van der Waals surface area contributed by atoms with Gasteiger partial charge in [-0.1, -0.05) is 19.1 Å². The number of carbonyl (C=O) groups excluding carboxylic acids is 1. The van der Waals surface area contributed by atoms with Crippen molar-refractivity contribution in [2.24, 2.45) is 11.8 Å². The molecule has 9 nitrogen and oxygen atoms in total. The molecule has 2 rings (SSSR count). The number of para-hydroxylation sites is 1. The van der Waals surface area contributed by atoms with Crippen molar-refractivity contribution in [1.29, 1.82) is 0 Å². The van der Waals surface area contributed by atoms with Gasteiger partial charge in [0.15, 0.2) is 4.90 Å². The van der Waals surface area contributed by atoms with Crippen LogP contribution < -0.4 is 15.4 Å². The molecule has 132 valence electrons. The zero-order valence-electron chi connectivity index (χ0n) is 13.2. The second-order valence-electron chi connectivity index (χ2n) is 5.62. The summed E-state index contributed by atoms with van der Waals surface area (Å²) in [5.41, 5.74) is -0.486. The first-order chi connectivity index (χ1) is 11.3. The van der Waals surface area contributed by atoms with E-state index in [-0.39, 0.29) is 24.9 Å². The Bertz CT molecular complexity index is 718. The summed E-state index contributed by atoms with van der Waals surface area (Å²) in [5, 5.41) is 16.7. The maximum atomic E-state index is 12.2. The zero-order chi connectivity index (χ0) is 17.7. The molecule has 3 N–H and O–H groups in total. The fourth-order valence-electron chi connectivity index (χ4n) is 2.32. The largest absolute Gasteiger partial charge is 0.355 e. The minimum absolute atomic E-state index is 0.0459. The van der Waals surface area contributed by atoms with E-state index in [1.165, 1.54) is 18.2 Å². The molecular weight excluding hydrogens is 336 g/mol. The van der Waals surface area contributed by atoms with Crippen molar-refractivity contribution in [1.82, 2.24) is 15.4 Å². The first kappa shape index (κ1) is 18.3. The lowest BCUT2D eigenvalue weighted by Crippen LogP contribution is -2.50. The van der Waals surface area contributed by atoms with E-state index in [9.17, 15) is 23.3 Å². The van der Waals surface area contributed by atoms with Crippen LogP contribution in [0.5, 0.6) is 0 Å². The monoisotopic (exact) mass is 356 g/mol. The van der Waals surface area contributed by atoms with Crippen molar-refractivity contribution in [2.45, 2.75) is 11.8 Å². The highest BCUT2D eigenvalue weighted by atomic mass is 32.2. The van der Waals surface area contributed by atoms with Crippen molar-refractivity contribution < 1.29 is 18.1 Å². The van der Waals surface area contributed by atoms with Crippen molar-refractivity contribution in [3.63, 3.8) is 0 Å². The van der Waals surface area contributed by atoms with E-state index in [1.807, 2.05) is 6.92 Å². The molecule has 1 aliphatic rings. The standard InChI is InChI=1S/C14H20N4O5S/c1-10(11-8-15-9-11)14(19)16-6-7-17-24(22,23)13-5-3-2-4-12(13)18(20)21/h2-5,10-11,15,17H,6-9H2,1H3,(H,16,19). The van der Waals surface area contributed by atoms with Gasteiger partial charge >= 0.3 is 0 Å².